The topological polar surface area (TPSA) is 94.6 Å². The summed E-state index contributed by atoms with van der Waals surface area (Å²) in [5.41, 5.74) is 10.3. The molecule has 214 valence electrons. The highest BCUT2D eigenvalue weighted by Gasteiger charge is 2.26. The van der Waals surface area contributed by atoms with Crippen LogP contribution in [0, 0.1) is 0 Å². The molecule has 1 aliphatic carbocycles. The standard InChI is InChI=1S/C28H40N4O2S.3ClH/c1-2-16-32(22-9-10-23-21(19-22)8-12-25(33)27(23)34)17-6-4-3-5-14-30-15-13-20-7-11-24-26(18-20)35-28(29)31-24;;;/h7-8,11-12,18,22,30,33-34H,2-6,9-10,13-17,19H2,1H3,(H2,29,31);3*1H/t22-;;;/m0.../s1. The second-order valence-corrected chi connectivity index (χ2v) is 10.8. The number of benzene rings is 2. The Bertz CT molecular complexity index is 1120. The van der Waals surface area contributed by atoms with Crippen molar-refractivity contribution < 1.29 is 10.2 Å². The highest BCUT2D eigenvalue weighted by molar-refractivity contribution is 7.22. The lowest BCUT2D eigenvalue weighted by atomic mass is 9.86. The molecular formula is C28H43Cl3N4O2S. The molecule has 0 bridgehead atoms. The molecule has 4 rings (SSSR count). The maximum Gasteiger partial charge on any atom is 0.181 e. The largest absolute Gasteiger partial charge is 0.504 e. The number of thiazole rings is 1. The number of unbranched alkanes of at least 4 members (excludes halogenated alkanes) is 3. The van der Waals surface area contributed by atoms with Gasteiger partial charge in [0.15, 0.2) is 16.6 Å². The van der Waals surface area contributed by atoms with Crippen LogP contribution in [0.2, 0.25) is 0 Å². The Morgan fingerprint density at radius 2 is 1.82 bits per heavy atom. The fraction of sp³-hybridized carbons (Fsp3) is 0.536. The van der Waals surface area contributed by atoms with Gasteiger partial charge in [-0.05, 0) is 100 Å². The average molecular weight is 606 g/mol. The summed E-state index contributed by atoms with van der Waals surface area (Å²) in [6, 6.07) is 10.6. The highest BCUT2D eigenvalue weighted by Crippen LogP contribution is 2.36. The van der Waals surface area contributed by atoms with Crippen LogP contribution in [0.15, 0.2) is 30.3 Å². The predicted octanol–water partition coefficient (Wildman–Crippen LogP) is 6.52. The Hall–Kier alpha value is -1.48. The molecule has 0 saturated carbocycles. The second kappa shape index (κ2) is 17.3. The zero-order chi connectivity index (χ0) is 24.6. The third-order valence-electron chi connectivity index (χ3n) is 7.18. The lowest BCUT2D eigenvalue weighted by Crippen LogP contribution is -2.40. The molecule has 0 saturated heterocycles. The number of fused-ring (bicyclic) bond motifs is 2. The van der Waals surface area contributed by atoms with Gasteiger partial charge in [-0.3, -0.25) is 0 Å². The van der Waals surface area contributed by atoms with E-state index >= 15 is 0 Å². The molecule has 1 aliphatic rings. The van der Waals surface area contributed by atoms with E-state index in [0.717, 1.165) is 69.4 Å². The Balaban J connectivity index is 0.00000241. The third kappa shape index (κ3) is 9.32. The molecule has 0 spiro atoms. The van der Waals surface area contributed by atoms with Crippen LogP contribution in [0.4, 0.5) is 5.13 Å². The molecule has 3 aromatic rings. The summed E-state index contributed by atoms with van der Waals surface area (Å²) in [6.07, 6.45) is 10.0. The smallest absolute Gasteiger partial charge is 0.181 e. The Morgan fingerprint density at radius 1 is 1.03 bits per heavy atom. The van der Waals surface area contributed by atoms with Crippen LogP contribution in [0.1, 0.15) is 62.1 Å². The van der Waals surface area contributed by atoms with Crippen molar-refractivity contribution in [2.24, 2.45) is 0 Å². The van der Waals surface area contributed by atoms with Crippen molar-refractivity contribution in [3.8, 4) is 11.5 Å². The number of rotatable bonds is 13. The lowest BCUT2D eigenvalue weighted by Gasteiger charge is -2.35. The number of anilines is 1. The van der Waals surface area contributed by atoms with Gasteiger partial charge in [-0.15, -0.1) is 37.2 Å². The van der Waals surface area contributed by atoms with Gasteiger partial charge in [-0.25, -0.2) is 4.98 Å². The molecular weight excluding hydrogens is 563 g/mol. The summed E-state index contributed by atoms with van der Waals surface area (Å²) < 4.78 is 1.17. The van der Waals surface area contributed by atoms with Crippen LogP contribution in [-0.2, 0) is 19.3 Å². The maximum atomic E-state index is 10.2. The van der Waals surface area contributed by atoms with E-state index in [2.05, 4.69) is 40.3 Å². The lowest BCUT2D eigenvalue weighted by molar-refractivity contribution is 0.175. The molecule has 6 nitrogen and oxygen atoms in total. The first-order valence-electron chi connectivity index (χ1n) is 13.2. The van der Waals surface area contributed by atoms with Crippen LogP contribution in [0.5, 0.6) is 11.5 Å². The highest BCUT2D eigenvalue weighted by atomic mass is 35.5. The van der Waals surface area contributed by atoms with Gasteiger partial charge < -0.3 is 26.2 Å². The van der Waals surface area contributed by atoms with E-state index in [0.29, 0.717) is 11.2 Å². The van der Waals surface area contributed by atoms with Crippen molar-refractivity contribution in [1.82, 2.24) is 15.2 Å². The van der Waals surface area contributed by atoms with Crippen LogP contribution in [-0.4, -0.2) is 52.3 Å². The van der Waals surface area contributed by atoms with Crippen LogP contribution >= 0.6 is 48.6 Å². The van der Waals surface area contributed by atoms with Crippen LogP contribution in [0.3, 0.4) is 0 Å². The number of nitrogens with zero attached hydrogens (tertiary/aromatic N) is 2. The van der Waals surface area contributed by atoms with E-state index in [9.17, 15) is 10.2 Å². The number of aromatic nitrogens is 1. The molecule has 0 fully saturated rings. The fourth-order valence-electron chi connectivity index (χ4n) is 5.30. The van der Waals surface area contributed by atoms with Crippen LogP contribution in [0.25, 0.3) is 10.2 Å². The van der Waals surface area contributed by atoms with Crippen molar-refractivity contribution in [3.05, 3.63) is 47.0 Å². The van der Waals surface area contributed by atoms with Crippen molar-refractivity contribution in [3.63, 3.8) is 0 Å². The van der Waals surface area contributed by atoms with Gasteiger partial charge in [0.1, 0.15) is 0 Å². The van der Waals surface area contributed by atoms with E-state index < -0.39 is 0 Å². The van der Waals surface area contributed by atoms with E-state index in [1.807, 2.05) is 6.07 Å². The number of hydrogen-bond donors (Lipinski definition) is 4. The summed E-state index contributed by atoms with van der Waals surface area (Å²) in [6.45, 7) is 6.61. The molecule has 0 radical (unpaired) electrons. The number of nitrogen functional groups attached to an aromatic ring is 1. The minimum atomic E-state index is 0. The summed E-state index contributed by atoms with van der Waals surface area (Å²) in [4.78, 5) is 6.97. The zero-order valence-electron chi connectivity index (χ0n) is 22.2. The molecule has 0 amide bonds. The molecule has 5 N–H and O–H groups in total. The van der Waals surface area contributed by atoms with E-state index in [1.165, 1.54) is 41.5 Å². The molecule has 1 heterocycles. The number of nitrogens with one attached hydrogen (secondary N) is 1. The first-order chi connectivity index (χ1) is 17.0. The van der Waals surface area contributed by atoms with E-state index in [-0.39, 0.29) is 48.7 Å². The minimum absolute atomic E-state index is 0. The molecule has 1 atom stereocenters. The number of halogens is 3. The molecule has 2 aromatic carbocycles. The summed E-state index contributed by atoms with van der Waals surface area (Å²) >= 11 is 1.56. The second-order valence-electron chi connectivity index (χ2n) is 9.77. The average Bonchev–Trinajstić information content (AvgIpc) is 3.23. The van der Waals surface area contributed by atoms with Crippen molar-refractivity contribution in [2.75, 3.05) is 31.9 Å². The van der Waals surface area contributed by atoms with Gasteiger partial charge in [0.05, 0.1) is 10.2 Å². The Morgan fingerprint density at radius 3 is 2.61 bits per heavy atom. The normalized spacial score (nSPS) is 14.4. The monoisotopic (exact) mass is 604 g/mol. The summed E-state index contributed by atoms with van der Waals surface area (Å²) in [5.74, 6) is 0.0906. The van der Waals surface area contributed by atoms with Crippen molar-refractivity contribution in [1.29, 1.82) is 0 Å². The van der Waals surface area contributed by atoms with E-state index in [1.54, 1.807) is 17.4 Å². The van der Waals surface area contributed by atoms with Crippen LogP contribution < -0.4 is 11.1 Å². The number of aromatic hydroxyl groups is 2. The molecule has 38 heavy (non-hydrogen) atoms. The predicted molar refractivity (Wildman–Crippen MR) is 168 cm³/mol. The van der Waals surface area contributed by atoms with Gasteiger partial charge in [-0.2, -0.15) is 0 Å². The summed E-state index contributed by atoms with van der Waals surface area (Å²) in [7, 11) is 0. The third-order valence-corrected chi connectivity index (χ3v) is 8.02. The van der Waals surface area contributed by atoms with Gasteiger partial charge in [0.25, 0.3) is 0 Å². The van der Waals surface area contributed by atoms with Gasteiger partial charge in [-0.1, -0.05) is 43.2 Å². The first-order valence-corrected chi connectivity index (χ1v) is 14.0. The first kappa shape index (κ1) is 34.5. The zero-order valence-corrected chi connectivity index (χ0v) is 25.4. The van der Waals surface area contributed by atoms with Gasteiger partial charge in [0.2, 0.25) is 0 Å². The maximum absolute atomic E-state index is 10.2. The number of phenolic OH excluding ortho intramolecular Hbond substituents is 2. The SMILES string of the molecule is CCCN(CCCCCCNCCc1ccc2nc(N)sc2c1)[C@H]1CCc2c(ccc(O)c2O)C1.Cl.Cl.Cl. The molecule has 10 heteroatoms. The Kier molecular flexibility index (Phi) is 15.7. The molecule has 0 aliphatic heterocycles. The number of phenols is 2. The fourth-order valence-corrected chi connectivity index (χ4v) is 6.10. The van der Waals surface area contributed by atoms with E-state index in [4.69, 9.17) is 5.73 Å². The van der Waals surface area contributed by atoms with Crippen molar-refractivity contribution >= 4 is 63.9 Å². The molecule has 0 unspecified atom stereocenters. The number of nitrogens with two attached hydrogens (primary N) is 1. The number of hydrogen-bond acceptors (Lipinski definition) is 7. The van der Waals surface area contributed by atoms with Crippen molar-refractivity contribution in [2.45, 2.75) is 70.8 Å². The van der Waals surface area contributed by atoms with Gasteiger partial charge >= 0.3 is 0 Å². The minimum Gasteiger partial charge on any atom is -0.504 e. The van der Waals surface area contributed by atoms with Gasteiger partial charge in [0, 0.05) is 11.6 Å². The molecule has 1 aromatic heterocycles. The quantitative estimate of drug-likeness (QED) is 0.131. The Labute approximate surface area is 249 Å². The summed E-state index contributed by atoms with van der Waals surface area (Å²) in [5, 5.41) is 24.2.